The predicted molar refractivity (Wildman–Crippen MR) is 62.4 cm³/mol. The van der Waals surface area contributed by atoms with E-state index in [2.05, 4.69) is 10.4 Å². The summed E-state index contributed by atoms with van der Waals surface area (Å²) >= 11 is 0. The normalized spacial score (nSPS) is 13.1. The number of rotatable bonds is 5. The monoisotopic (exact) mass is 254 g/mol. The van der Waals surface area contributed by atoms with Crippen LogP contribution in [0.4, 0.5) is 13.2 Å². The fourth-order valence-corrected chi connectivity index (χ4v) is 1.25. The molecule has 0 aromatic rings. The van der Waals surface area contributed by atoms with Gasteiger partial charge in [-0.3, -0.25) is 10.4 Å². The molecule has 0 heterocycles. The van der Waals surface area contributed by atoms with Crippen LogP contribution in [0.2, 0.25) is 0 Å². The second kappa shape index (κ2) is 7.37. The molecule has 0 aromatic heterocycles. The summed E-state index contributed by atoms with van der Waals surface area (Å²) in [5.41, 5.74) is 2.24. The molecule has 0 aliphatic carbocycles. The number of nitrogens with one attached hydrogen (secondary N) is 1. The van der Waals surface area contributed by atoms with Gasteiger partial charge in [-0.25, -0.2) is 5.84 Å². The lowest BCUT2D eigenvalue weighted by Gasteiger charge is -2.26. The highest BCUT2D eigenvalue weighted by molar-refractivity contribution is 5.79. The number of hydrogen-bond acceptors (Lipinski definition) is 2. The lowest BCUT2D eigenvalue weighted by molar-refractivity contribution is -0.138. The van der Waals surface area contributed by atoms with Crippen LogP contribution in [-0.2, 0) is 0 Å². The Kier molecular flexibility index (Phi) is 6.94. The van der Waals surface area contributed by atoms with Crippen molar-refractivity contribution in [3.63, 3.8) is 0 Å². The molecule has 0 radical (unpaired) electrons. The van der Waals surface area contributed by atoms with E-state index in [4.69, 9.17) is 5.84 Å². The van der Waals surface area contributed by atoms with E-state index in [1.165, 1.54) is 0 Å². The average Bonchev–Trinajstić information content (AvgIpc) is 2.16. The predicted octanol–water partition coefficient (Wildman–Crippen LogP) is 1.74. The zero-order valence-corrected chi connectivity index (χ0v) is 10.5. The molecule has 0 bridgehead atoms. The molecule has 3 N–H and O–H groups in total. The molecule has 0 atom stereocenters. The van der Waals surface area contributed by atoms with Crippen LogP contribution in [0.5, 0.6) is 0 Å². The third-order valence-electron chi connectivity index (χ3n) is 1.90. The highest BCUT2D eigenvalue weighted by Crippen LogP contribution is 2.16. The number of nitrogens with zero attached hydrogens (tertiary/aromatic N) is 2. The molecule has 17 heavy (non-hydrogen) atoms. The highest BCUT2D eigenvalue weighted by Gasteiger charge is 2.31. The largest absolute Gasteiger partial charge is 0.406 e. The van der Waals surface area contributed by atoms with Crippen LogP contribution in [0.3, 0.4) is 0 Å². The molecule has 0 aromatic carbocycles. The number of aliphatic imine (C=N–C) groups is 1. The van der Waals surface area contributed by atoms with E-state index in [-0.39, 0.29) is 18.4 Å². The van der Waals surface area contributed by atoms with Crippen molar-refractivity contribution in [2.45, 2.75) is 33.4 Å². The molecule has 0 amide bonds. The molecule has 0 fully saturated rings. The Labute approximate surface area is 100 Å². The first-order valence-electron chi connectivity index (χ1n) is 5.63. The summed E-state index contributed by atoms with van der Waals surface area (Å²) in [6.07, 6.45) is -3.66. The number of alkyl halides is 3. The molecule has 0 aliphatic rings. The van der Waals surface area contributed by atoms with Crippen molar-refractivity contribution < 1.29 is 13.2 Å². The summed E-state index contributed by atoms with van der Waals surface area (Å²) in [5, 5.41) is 0. The summed E-state index contributed by atoms with van der Waals surface area (Å²) in [6.45, 7) is 5.34. The molecule has 0 saturated carbocycles. The van der Waals surface area contributed by atoms with Gasteiger partial charge in [-0.15, -0.1) is 0 Å². The van der Waals surface area contributed by atoms with Gasteiger partial charge in [-0.05, 0) is 12.3 Å². The Bertz CT molecular complexity index is 238. The van der Waals surface area contributed by atoms with Gasteiger partial charge in [0.2, 0.25) is 5.96 Å². The fourth-order valence-electron chi connectivity index (χ4n) is 1.25. The number of hydrazine groups is 1. The van der Waals surface area contributed by atoms with Crippen LogP contribution in [0.25, 0.3) is 0 Å². The molecular weight excluding hydrogens is 233 g/mol. The molecule has 0 aliphatic heterocycles. The van der Waals surface area contributed by atoms with Crippen LogP contribution in [0.1, 0.15) is 27.2 Å². The van der Waals surface area contributed by atoms with Crippen molar-refractivity contribution in [2.24, 2.45) is 16.8 Å². The minimum Gasteiger partial charge on any atom is -0.333 e. The zero-order valence-electron chi connectivity index (χ0n) is 10.5. The van der Waals surface area contributed by atoms with Crippen molar-refractivity contribution in [3.05, 3.63) is 0 Å². The Morgan fingerprint density at radius 1 is 1.41 bits per heavy atom. The van der Waals surface area contributed by atoms with Crippen LogP contribution < -0.4 is 11.3 Å². The summed E-state index contributed by atoms with van der Waals surface area (Å²) in [4.78, 5) is 5.16. The van der Waals surface area contributed by atoms with Crippen molar-refractivity contribution in [3.8, 4) is 0 Å². The first-order valence-corrected chi connectivity index (χ1v) is 5.63. The number of hydrogen-bond donors (Lipinski definition) is 2. The smallest absolute Gasteiger partial charge is 0.333 e. The Hall–Kier alpha value is -0.980. The van der Waals surface area contributed by atoms with Crippen molar-refractivity contribution in [1.82, 2.24) is 10.3 Å². The first kappa shape index (κ1) is 16.0. The van der Waals surface area contributed by atoms with Gasteiger partial charge in [0.25, 0.3) is 0 Å². The standard InChI is InChI=1S/C10H21F3N4/c1-4-5-17(7-10(11,12)13)9(16-14)15-6-8(2)3/h8H,4-7,14H2,1-3H3,(H,15,16). The van der Waals surface area contributed by atoms with Crippen LogP contribution >= 0.6 is 0 Å². The van der Waals surface area contributed by atoms with E-state index in [1.807, 2.05) is 13.8 Å². The second-order valence-electron chi connectivity index (χ2n) is 4.24. The van der Waals surface area contributed by atoms with Gasteiger partial charge in [0.05, 0.1) is 0 Å². The van der Waals surface area contributed by atoms with Gasteiger partial charge < -0.3 is 4.90 Å². The molecule has 4 nitrogen and oxygen atoms in total. The molecule has 0 saturated heterocycles. The molecular formula is C10H21F3N4. The third-order valence-corrected chi connectivity index (χ3v) is 1.90. The lowest BCUT2D eigenvalue weighted by atomic mass is 10.2. The third kappa shape index (κ3) is 7.84. The van der Waals surface area contributed by atoms with E-state index in [9.17, 15) is 13.2 Å². The van der Waals surface area contributed by atoms with Gasteiger partial charge in [0.1, 0.15) is 6.54 Å². The summed E-state index contributed by atoms with van der Waals surface area (Å²) in [6, 6.07) is 0. The maximum atomic E-state index is 12.4. The van der Waals surface area contributed by atoms with E-state index in [1.54, 1.807) is 6.92 Å². The maximum absolute atomic E-state index is 12.4. The number of halogens is 3. The van der Waals surface area contributed by atoms with Crippen molar-refractivity contribution in [1.29, 1.82) is 0 Å². The SMILES string of the molecule is CCCN(CC(F)(F)F)C(=NCC(C)C)NN. The molecule has 102 valence electrons. The summed E-state index contributed by atoms with van der Waals surface area (Å²) in [7, 11) is 0. The van der Waals surface area contributed by atoms with Crippen molar-refractivity contribution >= 4 is 5.96 Å². The topological polar surface area (TPSA) is 53.6 Å². The molecule has 0 rings (SSSR count). The zero-order chi connectivity index (χ0) is 13.5. The van der Waals surface area contributed by atoms with Gasteiger partial charge in [-0.2, -0.15) is 13.2 Å². The molecule has 0 unspecified atom stereocenters. The number of guanidine groups is 1. The minimum atomic E-state index is -4.26. The van der Waals surface area contributed by atoms with Gasteiger partial charge in [0, 0.05) is 13.1 Å². The lowest BCUT2D eigenvalue weighted by Crippen LogP contribution is -2.48. The van der Waals surface area contributed by atoms with Crippen LogP contribution in [0.15, 0.2) is 4.99 Å². The van der Waals surface area contributed by atoms with E-state index < -0.39 is 12.7 Å². The van der Waals surface area contributed by atoms with Crippen LogP contribution in [0, 0.1) is 5.92 Å². The maximum Gasteiger partial charge on any atom is 0.406 e. The first-order chi connectivity index (χ1) is 7.80. The minimum absolute atomic E-state index is 0.0953. The average molecular weight is 254 g/mol. The number of nitrogens with two attached hydrogens (primary N) is 1. The Morgan fingerprint density at radius 2 is 2.00 bits per heavy atom. The highest BCUT2D eigenvalue weighted by atomic mass is 19.4. The second-order valence-corrected chi connectivity index (χ2v) is 4.24. The van der Waals surface area contributed by atoms with Gasteiger partial charge >= 0.3 is 6.18 Å². The quantitative estimate of drug-likeness (QED) is 0.340. The Morgan fingerprint density at radius 3 is 2.35 bits per heavy atom. The molecule has 0 spiro atoms. The summed E-state index contributed by atoms with van der Waals surface area (Å²) < 4.78 is 37.1. The molecule has 7 heteroatoms. The van der Waals surface area contributed by atoms with Crippen LogP contribution in [-0.4, -0.2) is 36.7 Å². The van der Waals surface area contributed by atoms with E-state index in [0.29, 0.717) is 13.0 Å². The van der Waals surface area contributed by atoms with Gasteiger partial charge in [-0.1, -0.05) is 20.8 Å². The Balaban J connectivity index is 4.68. The van der Waals surface area contributed by atoms with E-state index >= 15 is 0 Å². The van der Waals surface area contributed by atoms with Gasteiger partial charge in [0.15, 0.2) is 0 Å². The fraction of sp³-hybridized carbons (Fsp3) is 0.900. The summed E-state index contributed by atoms with van der Waals surface area (Å²) in [5.74, 6) is 5.59. The van der Waals surface area contributed by atoms with Crippen molar-refractivity contribution in [2.75, 3.05) is 19.6 Å². The van der Waals surface area contributed by atoms with E-state index in [0.717, 1.165) is 4.90 Å².